The molecule has 1 aromatic heterocycles. The Balaban J connectivity index is 2.07. The number of ether oxygens (including phenoxy) is 2. The summed E-state index contributed by atoms with van der Waals surface area (Å²) < 4.78 is 49.4. The van der Waals surface area contributed by atoms with Crippen molar-refractivity contribution in [3.63, 3.8) is 0 Å². The molecule has 0 aliphatic carbocycles. The van der Waals surface area contributed by atoms with Gasteiger partial charge >= 0.3 is 6.18 Å². The van der Waals surface area contributed by atoms with Crippen LogP contribution in [-0.2, 0) is 10.9 Å². The summed E-state index contributed by atoms with van der Waals surface area (Å²) in [7, 11) is 0. The minimum absolute atomic E-state index is 0.0325. The third-order valence-corrected chi connectivity index (χ3v) is 3.18. The van der Waals surface area contributed by atoms with Crippen molar-refractivity contribution in [1.29, 1.82) is 0 Å². The lowest BCUT2D eigenvalue weighted by atomic mass is 10.1. The SMILES string of the molecule is CCNc1cc(C(F)(F)F)cc(OCC2CCCCO2)n1. The average Bonchev–Trinajstić information content (AvgIpc) is 2.45. The molecule has 1 fully saturated rings. The van der Waals surface area contributed by atoms with Gasteiger partial charge in [-0.3, -0.25) is 0 Å². The molecule has 1 aliphatic rings. The predicted octanol–water partition coefficient (Wildman–Crippen LogP) is 3.48. The van der Waals surface area contributed by atoms with Crippen molar-refractivity contribution in [1.82, 2.24) is 4.98 Å². The van der Waals surface area contributed by atoms with Crippen molar-refractivity contribution >= 4 is 5.82 Å². The fourth-order valence-electron chi connectivity index (χ4n) is 2.13. The second kappa shape index (κ2) is 6.98. The van der Waals surface area contributed by atoms with Crippen LogP contribution in [0.15, 0.2) is 12.1 Å². The normalized spacial score (nSPS) is 19.3. The smallest absolute Gasteiger partial charge is 0.416 e. The first kappa shape index (κ1) is 15.9. The van der Waals surface area contributed by atoms with Gasteiger partial charge in [-0.15, -0.1) is 0 Å². The monoisotopic (exact) mass is 304 g/mol. The lowest BCUT2D eigenvalue weighted by Crippen LogP contribution is -2.26. The van der Waals surface area contributed by atoms with Gasteiger partial charge in [0.2, 0.25) is 5.88 Å². The second-order valence-electron chi connectivity index (χ2n) is 4.91. The Bertz CT molecular complexity index is 460. The number of rotatable bonds is 5. The van der Waals surface area contributed by atoms with E-state index in [2.05, 4.69) is 10.3 Å². The second-order valence-corrected chi connectivity index (χ2v) is 4.91. The van der Waals surface area contributed by atoms with Gasteiger partial charge in [0, 0.05) is 19.2 Å². The van der Waals surface area contributed by atoms with Gasteiger partial charge in [-0.2, -0.15) is 18.2 Å². The quantitative estimate of drug-likeness (QED) is 0.904. The molecule has 1 saturated heterocycles. The molecule has 1 unspecified atom stereocenters. The van der Waals surface area contributed by atoms with Crippen molar-refractivity contribution in [3.05, 3.63) is 17.7 Å². The summed E-state index contributed by atoms with van der Waals surface area (Å²) in [6.45, 7) is 3.17. The van der Waals surface area contributed by atoms with Gasteiger partial charge in [0.05, 0.1) is 11.7 Å². The van der Waals surface area contributed by atoms with E-state index in [1.54, 1.807) is 6.92 Å². The number of alkyl halides is 3. The highest BCUT2D eigenvalue weighted by molar-refractivity contribution is 5.42. The maximum atomic E-state index is 12.8. The van der Waals surface area contributed by atoms with Crippen molar-refractivity contribution < 1.29 is 22.6 Å². The average molecular weight is 304 g/mol. The number of nitrogens with zero attached hydrogens (tertiary/aromatic N) is 1. The third-order valence-electron chi connectivity index (χ3n) is 3.18. The molecule has 4 nitrogen and oxygen atoms in total. The van der Waals surface area contributed by atoms with Crippen molar-refractivity contribution in [2.24, 2.45) is 0 Å². The summed E-state index contributed by atoms with van der Waals surface area (Å²) in [6.07, 6.45) is -1.57. The molecule has 1 aromatic rings. The van der Waals surface area contributed by atoms with E-state index in [1.807, 2.05) is 0 Å². The summed E-state index contributed by atoms with van der Waals surface area (Å²) >= 11 is 0. The van der Waals surface area contributed by atoms with Crippen LogP contribution in [0.25, 0.3) is 0 Å². The van der Waals surface area contributed by atoms with Gasteiger partial charge in [0.1, 0.15) is 12.4 Å². The Morgan fingerprint density at radius 3 is 2.81 bits per heavy atom. The van der Waals surface area contributed by atoms with E-state index in [1.165, 1.54) is 0 Å². The zero-order valence-corrected chi connectivity index (χ0v) is 11.9. The molecular formula is C14H19F3N2O2. The summed E-state index contributed by atoms with van der Waals surface area (Å²) in [5.41, 5.74) is -0.770. The third kappa shape index (κ3) is 4.77. The van der Waals surface area contributed by atoms with Crippen molar-refractivity contribution in [2.75, 3.05) is 25.1 Å². The molecule has 21 heavy (non-hydrogen) atoms. The number of halogens is 3. The Kier molecular flexibility index (Phi) is 5.27. The first-order chi connectivity index (χ1) is 9.99. The van der Waals surface area contributed by atoms with Crippen LogP contribution >= 0.6 is 0 Å². The Morgan fingerprint density at radius 2 is 2.19 bits per heavy atom. The Morgan fingerprint density at radius 1 is 1.38 bits per heavy atom. The van der Waals surface area contributed by atoms with E-state index in [0.717, 1.165) is 31.4 Å². The molecule has 0 saturated carbocycles. The van der Waals surface area contributed by atoms with E-state index in [4.69, 9.17) is 9.47 Å². The zero-order chi connectivity index (χ0) is 15.3. The number of hydrogen-bond acceptors (Lipinski definition) is 4. The highest BCUT2D eigenvalue weighted by atomic mass is 19.4. The Labute approximate surface area is 121 Å². The molecule has 1 aliphatic heterocycles. The van der Waals surface area contributed by atoms with Crippen LogP contribution < -0.4 is 10.1 Å². The predicted molar refractivity (Wildman–Crippen MR) is 72.5 cm³/mol. The van der Waals surface area contributed by atoms with E-state index >= 15 is 0 Å². The molecule has 2 rings (SSSR count). The van der Waals surface area contributed by atoms with Crippen LogP contribution in [0.2, 0.25) is 0 Å². The highest BCUT2D eigenvalue weighted by Crippen LogP contribution is 2.32. The van der Waals surface area contributed by atoms with Crippen LogP contribution in [0.4, 0.5) is 19.0 Å². The van der Waals surface area contributed by atoms with Gasteiger partial charge in [-0.05, 0) is 32.3 Å². The fourth-order valence-corrected chi connectivity index (χ4v) is 2.13. The van der Waals surface area contributed by atoms with E-state index in [0.29, 0.717) is 13.2 Å². The number of nitrogens with one attached hydrogen (secondary N) is 1. The molecule has 0 amide bonds. The molecule has 1 atom stereocenters. The molecule has 0 aromatic carbocycles. The summed E-state index contributed by atoms with van der Waals surface area (Å²) in [6, 6.07) is 1.90. The molecule has 2 heterocycles. The minimum atomic E-state index is -4.42. The molecule has 7 heteroatoms. The van der Waals surface area contributed by atoms with E-state index in [9.17, 15) is 13.2 Å². The summed E-state index contributed by atoms with van der Waals surface area (Å²) in [4.78, 5) is 4.03. The largest absolute Gasteiger partial charge is 0.475 e. The lowest BCUT2D eigenvalue weighted by molar-refractivity contribution is -0.137. The van der Waals surface area contributed by atoms with Gasteiger partial charge < -0.3 is 14.8 Å². The van der Waals surface area contributed by atoms with Gasteiger partial charge in [0.15, 0.2) is 0 Å². The number of aromatic nitrogens is 1. The zero-order valence-electron chi connectivity index (χ0n) is 11.9. The topological polar surface area (TPSA) is 43.4 Å². The maximum absolute atomic E-state index is 12.8. The van der Waals surface area contributed by atoms with Crippen LogP contribution in [0.3, 0.4) is 0 Å². The highest BCUT2D eigenvalue weighted by Gasteiger charge is 2.32. The van der Waals surface area contributed by atoms with Gasteiger partial charge in [-0.25, -0.2) is 0 Å². The van der Waals surface area contributed by atoms with Gasteiger partial charge in [0.25, 0.3) is 0 Å². The van der Waals surface area contributed by atoms with Crippen LogP contribution in [0.1, 0.15) is 31.7 Å². The first-order valence-electron chi connectivity index (χ1n) is 7.06. The van der Waals surface area contributed by atoms with E-state index < -0.39 is 11.7 Å². The van der Waals surface area contributed by atoms with Crippen LogP contribution in [0, 0.1) is 0 Å². The number of pyridine rings is 1. The summed E-state index contributed by atoms with van der Waals surface area (Å²) in [5, 5.41) is 2.78. The van der Waals surface area contributed by atoms with Crippen LogP contribution in [-0.4, -0.2) is 30.8 Å². The minimum Gasteiger partial charge on any atom is -0.475 e. The summed E-state index contributed by atoms with van der Waals surface area (Å²) in [5.74, 6) is 0.127. The molecule has 1 N–H and O–H groups in total. The first-order valence-corrected chi connectivity index (χ1v) is 7.06. The molecule has 0 bridgehead atoms. The van der Waals surface area contributed by atoms with E-state index in [-0.39, 0.29) is 24.4 Å². The van der Waals surface area contributed by atoms with Crippen LogP contribution in [0.5, 0.6) is 5.88 Å². The van der Waals surface area contributed by atoms with Crippen molar-refractivity contribution in [3.8, 4) is 5.88 Å². The Hall–Kier alpha value is -1.50. The molecule has 0 radical (unpaired) electrons. The number of anilines is 1. The fraction of sp³-hybridized carbons (Fsp3) is 0.643. The molecular weight excluding hydrogens is 285 g/mol. The standard InChI is InChI=1S/C14H19F3N2O2/c1-2-18-12-7-10(14(15,16)17)8-13(19-12)21-9-11-5-3-4-6-20-11/h7-8,11H,2-6,9H2,1H3,(H,18,19). The molecule has 118 valence electrons. The lowest BCUT2D eigenvalue weighted by Gasteiger charge is -2.22. The van der Waals surface area contributed by atoms with Gasteiger partial charge in [-0.1, -0.05) is 0 Å². The molecule has 0 spiro atoms. The van der Waals surface area contributed by atoms with Crippen molar-refractivity contribution in [2.45, 2.75) is 38.5 Å². The number of hydrogen-bond donors (Lipinski definition) is 1. The maximum Gasteiger partial charge on any atom is 0.416 e.